The van der Waals surface area contributed by atoms with Crippen LogP contribution >= 0.6 is 11.8 Å². The summed E-state index contributed by atoms with van der Waals surface area (Å²) < 4.78 is 0. The summed E-state index contributed by atoms with van der Waals surface area (Å²) in [5, 5.41) is 2.26. The first-order valence-corrected chi connectivity index (χ1v) is 5.78. The summed E-state index contributed by atoms with van der Waals surface area (Å²) in [4.78, 5) is 0. The molecule has 66 valence electrons. The van der Waals surface area contributed by atoms with E-state index in [-0.39, 0.29) is 0 Å². The number of rotatable bonds is 6. The molecule has 0 heterocycles. The average Bonchev–Trinajstić information content (AvgIpc) is 1.99. The highest BCUT2D eigenvalue weighted by Gasteiger charge is 1.89. The quantitative estimate of drug-likeness (QED) is 0.540. The van der Waals surface area contributed by atoms with E-state index < -0.39 is 0 Å². The van der Waals surface area contributed by atoms with Crippen molar-refractivity contribution in [2.24, 2.45) is 0 Å². The zero-order chi connectivity index (χ0) is 8.53. The molecule has 0 N–H and O–H groups in total. The highest BCUT2D eigenvalue weighted by molar-refractivity contribution is 8.01. The lowest BCUT2D eigenvalue weighted by Crippen LogP contribution is -1.78. The molecule has 0 rings (SSSR count). The number of allylic oxidation sites excluding steroid dienone is 1. The zero-order valence-corrected chi connectivity index (χ0v) is 8.84. The number of unbranched alkanes of at least 4 members (excludes halogenated alkanes) is 3. The fourth-order valence-corrected chi connectivity index (χ4v) is 1.61. The third kappa shape index (κ3) is 7.99. The molecule has 1 heteroatoms. The smallest absolute Gasteiger partial charge is 0.0142 e. The van der Waals surface area contributed by atoms with E-state index in [9.17, 15) is 0 Å². The van der Waals surface area contributed by atoms with Gasteiger partial charge in [0.2, 0.25) is 0 Å². The Labute approximate surface area is 75.5 Å². The third-order valence-electron chi connectivity index (χ3n) is 1.74. The molecule has 0 aromatic carbocycles. The van der Waals surface area contributed by atoms with Gasteiger partial charge in [0.05, 0.1) is 0 Å². The predicted molar refractivity (Wildman–Crippen MR) is 56.0 cm³/mol. The summed E-state index contributed by atoms with van der Waals surface area (Å²) in [6.07, 6.45) is 8.92. The van der Waals surface area contributed by atoms with Gasteiger partial charge in [-0.1, -0.05) is 31.8 Å². The summed E-state index contributed by atoms with van der Waals surface area (Å²) >= 11 is 1.81. The van der Waals surface area contributed by atoms with Crippen LogP contribution in [0.2, 0.25) is 0 Å². The lowest BCUT2D eigenvalue weighted by Gasteiger charge is -1.99. The molecular formula is C10H20S. The van der Waals surface area contributed by atoms with Crippen LogP contribution in [0.4, 0.5) is 0 Å². The molecule has 0 radical (unpaired) electrons. The largest absolute Gasteiger partial charge is 0.138 e. The second-order valence-electron chi connectivity index (χ2n) is 3.01. The summed E-state index contributed by atoms with van der Waals surface area (Å²) in [5.74, 6) is 0. The van der Waals surface area contributed by atoms with Gasteiger partial charge < -0.3 is 0 Å². The topological polar surface area (TPSA) is 0 Å². The average molecular weight is 172 g/mol. The molecule has 0 fully saturated rings. The first kappa shape index (κ1) is 11.1. The van der Waals surface area contributed by atoms with E-state index >= 15 is 0 Å². The van der Waals surface area contributed by atoms with Crippen LogP contribution in [0.5, 0.6) is 0 Å². The van der Waals surface area contributed by atoms with Gasteiger partial charge in [-0.15, -0.1) is 11.8 Å². The van der Waals surface area contributed by atoms with E-state index in [1.54, 1.807) is 0 Å². The van der Waals surface area contributed by atoms with Gasteiger partial charge in [-0.25, -0.2) is 0 Å². The fourth-order valence-electron chi connectivity index (χ4n) is 1.09. The van der Waals surface area contributed by atoms with Crippen molar-refractivity contribution >= 4 is 11.8 Å². The Morgan fingerprint density at radius 1 is 1.27 bits per heavy atom. The Kier molecular flexibility index (Phi) is 8.26. The number of hydrogen-bond donors (Lipinski definition) is 0. The second kappa shape index (κ2) is 8.19. The van der Waals surface area contributed by atoms with Gasteiger partial charge in [0.25, 0.3) is 0 Å². The second-order valence-corrected chi connectivity index (χ2v) is 3.72. The van der Waals surface area contributed by atoms with Crippen LogP contribution in [0.3, 0.4) is 0 Å². The molecular weight excluding hydrogens is 152 g/mol. The highest BCUT2D eigenvalue weighted by atomic mass is 32.2. The van der Waals surface area contributed by atoms with Crippen LogP contribution in [0, 0.1) is 0 Å². The normalized spacial score (nSPS) is 12.1. The zero-order valence-electron chi connectivity index (χ0n) is 8.02. The molecule has 0 aliphatic carbocycles. The summed E-state index contributed by atoms with van der Waals surface area (Å²) in [6.45, 7) is 4.48. The maximum absolute atomic E-state index is 2.26. The third-order valence-corrected chi connectivity index (χ3v) is 2.38. The van der Waals surface area contributed by atoms with Crippen LogP contribution in [0.15, 0.2) is 11.0 Å². The number of thioether (sulfide) groups is 1. The van der Waals surface area contributed by atoms with Gasteiger partial charge in [0.15, 0.2) is 0 Å². The van der Waals surface area contributed by atoms with Crippen molar-refractivity contribution in [1.29, 1.82) is 0 Å². The van der Waals surface area contributed by atoms with E-state index in [1.807, 2.05) is 11.8 Å². The lowest BCUT2D eigenvalue weighted by atomic mass is 10.1. The van der Waals surface area contributed by atoms with Crippen molar-refractivity contribution in [2.45, 2.75) is 46.0 Å². The monoisotopic (exact) mass is 172 g/mol. The van der Waals surface area contributed by atoms with Crippen molar-refractivity contribution in [3.05, 3.63) is 11.0 Å². The standard InChI is InChI=1S/C10H20S/c1-4-5-6-7-8-10(2)9-11-3/h9H,4-8H2,1-3H3/b10-9-. The Morgan fingerprint density at radius 3 is 2.55 bits per heavy atom. The molecule has 0 unspecified atom stereocenters. The van der Waals surface area contributed by atoms with E-state index in [1.165, 1.54) is 37.7 Å². The lowest BCUT2D eigenvalue weighted by molar-refractivity contribution is 0.665. The van der Waals surface area contributed by atoms with Crippen molar-refractivity contribution in [3.63, 3.8) is 0 Å². The minimum Gasteiger partial charge on any atom is -0.138 e. The SMILES string of the molecule is CCCCCC/C(C)=C\SC. The van der Waals surface area contributed by atoms with E-state index in [0.717, 1.165) is 0 Å². The Morgan fingerprint density at radius 2 is 2.00 bits per heavy atom. The van der Waals surface area contributed by atoms with Crippen LogP contribution in [-0.2, 0) is 0 Å². The Bertz CT molecular complexity index is 105. The van der Waals surface area contributed by atoms with Gasteiger partial charge in [0, 0.05) is 0 Å². The van der Waals surface area contributed by atoms with Crippen molar-refractivity contribution in [1.82, 2.24) is 0 Å². The van der Waals surface area contributed by atoms with Crippen LogP contribution in [-0.4, -0.2) is 6.26 Å². The summed E-state index contributed by atoms with van der Waals surface area (Å²) in [5.41, 5.74) is 1.54. The summed E-state index contributed by atoms with van der Waals surface area (Å²) in [7, 11) is 0. The van der Waals surface area contributed by atoms with Gasteiger partial charge in [0.1, 0.15) is 0 Å². The van der Waals surface area contributed by atoms with Crippen LogP contribution in [0.25, 0.3) is 0 Å². The molecule has 0 spiro atoms. The van der Waals surface area contributed by atoms with Gasteiger partial charge in [-0.05, 0) is 31.4 Å². The van der Waals surface area contributed by atoms with Crippen molar-refractivity contribution in [2.75, 3.05) is 6.26 Å². The molecule has 0 saturated heterocycles. The first-order chi connectivity index (χ1) is 5.31. The molecule has 0 aromatic rings. The molecule has 0 amide bonds. The fraction of sp³-hybridized carbons (Fsp3) is 0.800. The molecule has 0 saturated carbocycles. The summed E-state index contributed by atoms with van der Waals surface area (Å²) in [6, 6.07) is 0. The Hall–Kier alpha value is 0.0900. The predicted octanol–water partition coefficient (Wildman–Crippen LogP) is 4.22. The van der Waals surface area contributed by atoms with E-state index in [2.05, 4.69) is 25.5 Å². The highest BCUT2D eigenvalue weighted by Crippen LogP contribution is 2.12. The van der Waals surface area contributed by atoms with E-state index in [4.69, 9.17) is 0 Å². The molecule has 11 heavy (non-hydrogen) atoms. The van der Waals surface area contributed by atoms with Crippen LogP contribution in [0.1, 0.15) is 46.0 Å². The van der Waals surface area contributed by atoms with E-state index in [0.29, 0.717) is 0 Å². The van der Waals surface area contributed by atoms with Gasteiger partial charge in [-0.2, -0.15) is 0 Å². The Balaban J connectivity index is 3.17. The molecule has 0 nitrogen and oxygen atoms in total. The van der Waals surface area contributed by atoms with Crippen molar-refractivity contribution < 1.29 is 0 Å². The molecule has 0 aliphatic heterocycles. The maximum Gasteiger partial charge on any atom is -0.0142 e. The van der Waals surface area contributed by atoms with Gasteiger partial charge in [-0.3, -0.25) is 0 Å². The molecule has 0 atom stereocenters. The maximum atomic E-state index is 2.26. The molecule has 0 aliphatic rings. The minimum absolute atomic E-state index is 1.29. The van der Waals surface area contributed by atoms with Crippen LogP contribution < -0.4 is 0 Å². The number of hydrogen-bond acceptors (Lipinski definition) is 1. The molecule has 0 bridgehead atoms. The van der Waals surface area contributed by atoms with Gasteiger partial charge >= 0.3 is 0 Å². The van der Waals surface area contributed by atoms with Crippen molar-refractivity contribution in [3.8, 4) is 0 Å². The molecule has 0 aromatic heterocycles. The first-order valence-electron chi connectivity index (χ1n) is 4.49. The minimum atomic E-state index is 1.29.